The minimum absolute atomic E-state index is 0.0205. The standard InChI is InChI=1S/C20H18FN3S/c1-14-4-9-19-23-17(13-24(19)12-14)11-22-20(18-3-2-10-25-18)15-5-7-16(21)8-6-15/h2-10,12-13,20,22H,11H2,1H3/t20-/m1/s1. The number of fused-ring (bicyclic) bond motifs is 1. The summed E-state index contributed by atoms with van der Waals surface area (Å²) in [5.74, 6) is -0.218. The number of aromatic nitrogens is 2. The molecule has 3 nitrogen and oxygen atoms in total. The number of pyridine rings is 1. The van der Waals surface area contributed by atoms with Crippen LogP contribution in [0.5, 0.6) is 0 Å². The highest BCUT2D eigenvalue weighted by Gasteiger charge is 2.15. The second-order valence-electron chi connectivity index (χ2n) is 6.09. The number of halogens is 1. The quantitative estimate of drug-likeness (QED) is 0.564. The van der Waals surface area contributed by atoms with Crippen LogP contribution in [-0.2, 0) is 6.54 Å². The summed E-state index contributed by atoms with van der Waals surface area (Å²) in [5.41, 5.74) is 4.17. The van der Waals surface area contributed by atoms with Crippen LogP contribution in [0.15, 0.2) is 66.3 Å². The number of hydrogen-bond donors (Lipinski definition) is 1. The van der Waals surface area contributed by atoms with Gasteiger partial charge in [0, 0.05) is 23.8 Å². The van der Waals surface area contributed by atoms with E-state index in [4.69, 9.17) is 0 Å². The lowest BCUT2D eigenvalue weighted by molar-refractivity contribution is 0.599. The topological polar surface area (TPSA) is 29.3 Å². The number of nitrogens with zero attached hydrogens (tertiary/aromatic N) is 2. The Bertz CT molecular complexity index is 974. The summed E-state index contributed by atoms with van der Waals surface area (Å²) in [7, 11) is 0. The first kappa shape index (κ1) is 16.0. The molecule has 0 spiro atoms. The summed E-state index contributed by atoms with van der Waals surface area (Å²) in [4.78, 5) is 5.86. The van der Waals surface area contributed by atoms with Crippen molar-refractivity contribution in [2.24, 2.45) is 0 Å². The molecule has 5 heteroatoms. The van der Waals surface area contributed by atoms with E-state index in [9.17, 15) is 4.39 Å². The Morgan fingerprint density at radius 3 is 2.72 bits per heavy atom. The van der Waals surface area contributed by atoms with E-state index in [1.54, 1.807) is 11.3 Å². The lowest BCUT2D eigenvalue weighted by Gasteiger charge is -2.17. The number of aryl methyl sites for hydroxylation is 1. The minimum atomic E-state index is -0.218. The maximum absolute atomic E-state index is 13.3. The number of benzene rings is 1. The molecule has 1 aromatic carbocycles. The zero-order valence-electron chi connectivity index (χ0n) is 13.8. The van der Waals surface area contributed by atoms with Gasteiger partial charge in [-0.1, -0.05) is 24.3 Å². The third-order valence-electron chi connectivity index (χ3n) is 4.17. The molecule has 126 valence electrons. The number of thiophene rings is 1. The van der Waals surface area contributed by atoms with Crippen LogP contribution in [0.25, 0.3) is 5.65 Å². The molecule has 1 atom stereocenters. The van der Waals surface area contributed by atoms with Crippen LogP contribution in [0.1, 0.15) is 27.7 Å². The van der Waals surface area contributed by atoms with E-state index in [-0.39, 0.29) is 11.9 Å². The Kier molecular flexibility index (Phi) is 4.34. The van der Waals surface area contributed by atoms with E-state index >= 15 is 0 Å². The molecule has 0 bridgehead atoms. The van der Waals surface area contributed by atoms with E-state index in [0.717, 1.165) is 16.9 Å². The van der Waals surface area contributed by atoms with Gasteiger partial charge in [0.05, 0.1) is 11.7 Å². The Morgan fingerprint density at radius 1 is 1.12 bits per heavy atom. The van der Waals surface area contributed by atoms with Crippen molar-refractivity contribution in [1.29, 1.82) is 0 Å². The smallest absolute Gasteiger partial charge is 0.137 e. The predicted octanol–water partition coefficient (Wildman–Crippen LogP) is 4.72. The first-order chi connectivity index (χ1) is 12.2. The largest absolute Gasteiger partial charge is 0.307 e. The highest BCUT2D eigenvalue weighted by Crippen LogP contribution is 2.26. The van der Waals surface area contributed by atoms with Crippen molar-refractivity contribution in [3.63, 3.8) is 0 Å². The van der Waals surface area contributed by atoms with Crippen molar-refractivity contribution in [2.45, 2.75) is 19.5 Å². The van der Waals surface area contributed by atoms with Crippen LogP contribution in [-0.4, -0.2) is 9.38 Å². The van der Waals surface area contributed by atoms with Gasteiger partial charge in [0.15, 0.2) is 0 Å². The summed E-state index contributed by atoms with van der Waals surface area (Å²) >= 11 is 1.69. The monoisotopic (exact) mass is 351 g/mol. The van der Waals surface area contributed by atoms with E-state index in [1.807, 2.05) is 34.9 Å². The van der Waals surface area contributed by atoms with Crippen molar-refractivity contribution >= 4 is 17.0 Å². The molecule has 0 radical (unpaired) electrons. The summed E-state index contributed by atoms with van der Waals surface area (Å²) in [6, 6.07) is 14.9. The van der Waals surface area contributed by atoms with Crippen LogP contribution in [0.3, 0.4) is 0 Å². The van der Waals surface area contributed by atoms with Crippen LogP contribution in [0.4, 0.5) is 4.39 Å². The molecule has 3 aromatic heterocycles. The minimum Gasteiger partial charge on any atom is -0.307 e. The van der Waals surface area contributed by atoms with Gasteiger partial charge in [-0.05, 0) is 47.7 Å². The molecule has 4 rings (SSSR count). The molecular weight excluding hydrogens is 333 g/mol. The van der Waals surface area contributed by atoms with Crippen LogP contribution >= 0.6 is 11.3 Å². The number of rotatable bonds is 5. The van der Waals surface area contributed by atoms with Crippen molar-refractivity contribution in [3.8, 4) is 0 Å². The Balaban J connectivity index is 1.58. The zero-order chi connectivity index (χ0) is 17.2. The van der Waals surface area contributed by atoms with Crippen LogP contribution in [0, 0.1) is 12.7 Å². The molecule has 25 heavy (non-hydrogen) atoms. The molecule has 0 aliphatic carbocycles. The molecule has 0 amide bonds. The second-order valence-corrected chi connectivity index (χ2v) is 7.06. The zero-order valence-corrected chi connectivity index (χ0v) is 14.6. The number of imidazole rings is 1. The molecule has 0 saturated carbocycles. The van der Waals surface area contributed by atoms with Gasteiger partial charge in [0.25, 0.3) is 0 Å². The van der Waals surface area contributed by atoms with Gasteiger partial charge in [-0.15, -0.1) is 11.3 Å². The fraction of sp³-hybridized carbons (Fsp3) is 0.150. The predicted molar refractivity (Wildman–Crippen MR) is 99.3 cm³/mol. The molecule has 4 aromatic rings. The van der Waals surface area contributed by atoms with Crippen LogP contribution in [0.2, 0.25) is 0 Å². The molecule has 0 aliphatic heterocycles. The van der Waals surface area contributed by atoms with Gasteiger partial charge < -0.3 is 4.40 Å². The van der Waals surface area contributed by atoms with Crippen LogP contribution < -0.4 is 5.32 Å². The average molecular weight is 351 g/mol. The average Bonchev–Trinajstić information content (AvgIpc) is 3.26. The van der Waals surface area contributed by atoms with E-state index in [2.05, 4.69) is 40.9 Å². The van der Waals surface area contributed by atoms with Gasteiger partial charge in [-0.3, -0.25) is 5.32 Å². The van der Waals surface area contributed by atoms with Gasteiger partial charge in [0.1, 0.15) is 11.5 Å². The fourth-order valence-electron chi connectivity index (χ4n) is 2.94. The number of nitrogens with one attached hydrogen (secondary N) is 1. The van der Waals surface area contributed by atoms with Gasteiger partial charge >= 0.3 is 0 Å². The van der Waals surface area contributed by atoms with E-state index < -0.39 is 0 Å². The van der Waals surface area contributed by atoms with Crippen molar-refractivity contribution < 1.29 is 4.39 Å². The first-order valence-electron chi connectivity index (χ1n) is 8.15. The lowest BCUT2D eigenvalue weighted by atomic mass is 10.1. The maximum atomic E-state index is 13.3. The molecule has 3 heterocycles. The Labute approximate surface area is 149 Å². The Morgan fingerprint density at radius 2 is 1.96 bits per heavy atom. The normalized spacial score (nSPS) is 12.6. The van der Waals surface area contributed by atoms with Crippen molar-refractivity contribution in [3.05, 3.63) is 93.8 Å². The molecule has 0 saturated heterocycles. The highest BCUT2D eigenvalue weighted by molar-refractivity contribution is 7.10. The maximum Gasteiger partial charge on any atom is 0.137 e. The highest BCUT2D eigenvalue weighted by atomic mass is 32.1. The summed E-state index contributed by atoms with van der Waals surface area (Å²) in [6.07, 6.45) is 4.12. The van der Waals surface area contributed by atoms with E-state index in [1.165, 1.54) is 22.6 Å². The van der Waals surface area contributed by atoms with Gasteiger partial charge in [-0.25, -0.2) is 9.37 Å². The fourth-order valence-corrected chi connectivity index (χ4v) is 3.77. The summed E-state index contributed by atoms with van der Waals surface area (Å²) in [5, 5.41) is 5.62. The third kappa shape index (κ3) is 3.48. The van der Waals surface area contributed by atoms with Gasteiger partial charge in [0.2, 0.25) is 0 Å². The lowest BCUT2D eigenvalue weighted by Crippen LogP contribution is -2.21. The van der Waals surface area contributed by atoms with Gasteiger partial charge in [-0.2, -0.15) is 0 Å². The molecule has 0 unspecified atom stereocenters. The molecule has 0 fully saturated rings. The third-order valence-corrected chi connectivity index (χ3v) is 5.10. The summed E-state index contributed by atoms with van der Waals surface area (Å²) < 4.78 is 15.3. The Hall–Kier alpha value is -2.50. The first-order valence-corrected chi connectivity index (χ1v) is 9.03. The number of hydrogen-bond acceptors (Lipinski definition) is 3. The molecule has 0 aliphatic rings. The second kappa shape index (κ2) is 6.78. The van der Waals surface area contributed by atoms with Crippen molar-refractivity contribution in [1.82, 2.24) is 14.7 Å². The van der Waals surface area contributed by atoms with E-state index in [0.29, 0.717) is 6.54 Å². The SMILES string of the molecule is Cc1ccc2nc(CN[C@H](c3ccc(F)cc3)c3cccs3)cn2c1. The summed E-state index contributed by atoms with van der Waals surface area (Å²) in [6.45, 7) is 2.71. The molecule has 1 N–H and O–H groups in total. The molecular formula is C20H18FN3S. The van der Waals surface area contributed by atoms with Crippen molar-refractivity contribution in [2.75, 3.05) is 0 Å².